The topological polar surface area (TPSA) is 37.3 Å². The monoisotopic (exact) mass is 244 g/mol. The summed E-state index contributed by atoms with van der Waals surface area (Å²) in [7, 11) is 0. The molecule has 0 aromatic heterocycles. The number of Topliss-reactive ketones (excluding diaryl/α,β-unsaturated/α-hetero) is 1. The smallest absolute Gasteiger partial charge is 0.137 e. The molecule has 2 aliphatic rings. The third kappa shape index (κ3) is 1.62. The fourth-order valence-electron chi connectivity index (χ4n) is 3.81. The zero-order valence-corrected chi connectivity index (χ0v) is 10.9. The van der Waals surface area contributed by atoms with Crippen molar-refractivity contribution in [3.05, 3.63) is 0 Å². The second kappa shape index (κ2) is 3.99. The van der Waals surface area contributed by atoms with Crippen LogP contribution in [0.15, 0.2) is 0 Å². The van der Waals surface area contributed by atoms with E-state index in [4.69, 9.17) is 11.6 Å². The third-order valence-electron chi connectivity index (χ3n) is 4.87. The van der Waals surface area contributed by atoms with E-state index in [2.05, 4.69) is 6.92 Å². The Kier molecular flexibility index (Phi) is 3.09. The maximum Gasteiger partial charge on any atom is 0.137 e. The van der Waals surface area contributed by atoms with Gasteiger partial charge in [-0.05, 0) is 38.0 Å². The van der Waals surface area contributed by atoms with E-state index in [9.17, 15) is 9.90 Å². The van der Waals surface area contributed by atoms with Crippen molar-refractivity contribution < 1.29 is 9.90 Å². The van der Waals surface area contributed by atoms with Gasteiger partial charge in [0.2, 0.25) is 0 Å². The first-order chi connectivity index (χ1) is 7.41. The van der Waals surface area contributed by atoms with Crippen molar-refractivity contribution in [3.63, 3.8) is 0 Å². The predicted molar refractivity (Wildman–Crippen MR) is 64.6 cm³/mol. The van der Waals surface area contributed by atoms with E-state index in [1.807, 2.05) is 0 Å². The quantitative estimate of drug-likeness (QED) is 0.721. The van der Waals surface area contributed by atoms with Crippen LogP contribution in [0, 0.1) is 11.3 Å². The summed E-state index contributed by atoms with van der Waals surface area (Å²) in [6.45, 7) is 3.70. The molecule has 4 atom stereocenters. The van der Waals surface area contributed by atoms with Gasteiger partial charge in [-0.15, -0.1) is 11.6 Å². The summed E-state index contributed by atoms with van der Waals surface area (Å²) >= 11 is 6.27. The van der Waals surface area contributed by atoms with Crippen LogP contribution in [-0.2, 0) is 4.79 Å². The summed E-state index contributed by atoms with van der Waals surface area (Å²) in [6, 6.07) is 0. The van der Waals surface area contributed by atoms with Crippen LogP contribution in [0.4, 0.5) is 0 Å². The minimum Gasteiger partial charge on any atom is -0.389 e. The first kappa shape index (κ1) is 12.4. The number of aliphatic hydroxyl groups is 1. The van der Waals surface area contributed by atoms with E-state index in [0.29, 0.717) is 0 Å². The molecule has 1 N–H and O–H groups in total. The van der Waals surface area contributed by atoms with Crippen molar-refractivity contribution >= 4 is 17.4 Å². The molecule has 0 bridgehead atoms. The second-order valence-corrected chi connectivity index (χ2v) is 6.40. The molecule has 2 saturated carbocycles. The van der Waals surface area contributed by atoms with E-state index in [-0.39, 0.29) is 22.5 Å². The highest BCUT2D eigenvalue weighted by Gasteiger charge is 2.58. The van der Waals surface area contributed by atoms with Crippen molar-refractivity contribution in [2.24, 2.45) is 11.3 Å². The van der Waals surface area contributed by atoms with Gasteiger partial charge in [0, 0.05) is 5.38 Å². The van der Waals surface area contributed by atoms with E-state index in [0.717, 1.165) is 38.5 Å². The molecule has 0 spiro atoms. The summed E-state index contributed by atoms with van der Waals surface area (Å²) < 4.78 is 0. The minimum absolute atomic E-state index is 0.0512. The van der Waals surface area contributed by atoms with Gasteiger partial charge in [-0.3, -0.25) is 4.79 Å². The molecule has 0 saturated heterocycles. The van der Waals surface area contributed by atoms with Crippen LogP contribution in [0.1, 0.15) is 52.4 Å². The average molecular weight is 245 g/mol. The first-order valence-corrected chi connectivity index (χ1v) is 6.71. The van der Waals surface area contributed by atoms with Gasteiger partial charge in [0.15, 0.2) is 0 Å². The van der Waals surface area contributed by atoms with Crippen LogP contribution in [0.5, 0.6) is 0 Å². The van der Waals surface area contributed by atoms with E-state index < -0.39 is 5.60 Å². The number of alkyl halides is 1. The SMILES string of the molecule is CC(=O)[C@@H]1[C@@H](Cl)CCC2(C)CCCC[C@@]12O. The molecule has 92 valence electrons. The number of rotatable bonds is 1. The van der Waals surface area contributed by atoms with Crippen molar-refractivity contribution in [1.82, 2.24) is 0 Å². The molecule has 0 aromatic rings. The first-order valence-electron chi connectivity index (χ1n) is 6.28. The van der Waals surface area contributed by atoms with Crippen LogP contribution >= 0.6 is 11.6 Å². The molecule has 2 nitrogen and oxygen atoms in total. The predicted octanol–water partition coefficient (Wildman–Crippen LogP) is 2.90. The maximum atomic E-state index is 11.8. The van der Waals surface area contributed by atoms with Crippen LogP contribution < -0.4 is 0 Å². The number of fused-ring (bicyclic) bond motifs is 1. The van der Waals surface area contributed by atoms with E-state index >= 15 is 0 Å². The van der Waals surface area contributed by atoms with Gasteiger partial charge in [0.1, 0.15) is 5.78 Å². The summed E-state index contributed by atoms with van der Waals surface area (Å²) in [4.78, 5) is 11.8. The van der Waals surface area contributed by atoms with Crippen molar-refractivity contribution in [1.29, 1.82) is 0 Å². The lowest BCUT2D eigenvalue weighted by Gasteiger charge is -2.56. The van der Waals surface area contributed by atoms with Crippen LogP contribution in [0.25, 0.3) is 0 Å². The molecule has 1 unspecified atom stereocenters. The Morgan fingerprint density at radius 1 is 1.31 bits per heavy atom. The Hall–Kier alpha value is -0.0800. The number of carbonyl (C=O) groups is 1. The average Bonchev–Trinajstić information content (AvgIpc) is 2.19. The van der Waals surface area contributed by atoms with Gasteiger partial charge in [-0.2, -0.15) is 0 Å². The molecule has 2 aliphatic carbocycles. The van der Waals surface area contributed by atoms with Crippen molar-refractivity contribution in [2.45, 2.75) is 63.4 Å². The maximum absolute atomic E-state index is 11.8. The lowest BCUT2D eigenvalue weighted by molar-refractivity contribution is -0.175. The fourth-order valence-corrected chi connectivity index (χ4v) is 4.31. The lowest BCUT2D eigenvalue weighted by atomic mass is 9.53. The van der Waals surface area contributed by atoms with Gasteiger partial charge < -0.3 is 5.11 Å². The number of carbonyl (C=O) groups excluding carboxylic acids is 1. The van der Waals surface area contributed by atoms with Gasteiger partial charge in [0.25, 0.3) is 0 Å². The molecular formula is C13H21ClO2. The summed E-state index contributed by atoms with van der Waals surface area (Å²) in [5, 5.41) is 10.8. The van der Waals surface area contributed by atoms with Crippen LogP contribution in [0.2, 0.25) is 0 Å². The molecule has 2 fully saturated rings. The Bertz CT molecular complexity index is 304. The minimum atomic E-state index is -0.859. The number of ketones is 1. The summed E-state index contributed by atoms with van der Waals surface area (Å²) in [6.07, 6.45) is 5.73. The molecule has 2 rings (SSSR count). The highest BCUT2D eigenvalue weighted by Crippen LogP contribution is 2.56. The van der Waals surface area contributed by atoms with Crippen LogP contribution in [-0.4, -0.2) is 21.9 Å². The molecule has 0 amide bonds. The second-order valence-electron chi connectivity index (χ2n) is 5.84. The van der Waals surface area contributed by atoms with E-state index in [1.54, 1.807) is 6.92 Å². The number of hydrogen-bond donors (Lipinski definition) is 1. The number of halogens is 1. The van der Waals surface area contributed by atoms with Crippen molar-refractivity contribution in [2.75, 3.05) is 0 Å². The highest BCUT2D eigenvalue weighted by molar-refractivity contribution is 6.22. The Balaban J connectivity index is 2.38. The van der Waals surface area contributed by atoms with Crippen LogP contribution in [0.3, 0.4) is 0 Å². The van der Waals surface area contributed by atoms with E-state index in [1.165, 1.54) is 0 Å². The Morgan fingerprint density at radius 3 is 2.56 bits per heavy atom. The third-order valence-corrected chi connectivity index (χ3v) is 5.34. The highest BCUT2D eigenvalue weighted by atomic mass is 35.5. The molecule has 0 aromatic carbocycles. The summed E-state index contributed by atoms with van der Waals surface area (Å²) in [5.41, 5.74) is -0.964. The zero-order chi connectivity index (χ0) is 12.0. The van der Waals surface area contributed by atoms with Crippen molar-refractivity contribution in [3.8, 4) is 0 Å². The molecule has 0 radical (unpaired) electrons. The largest absolute Gasteiger partial charge is 0.389 e. The molecule has 16 heavy (non-hydrogen) atoms. The molecule has 3 heteroatoms. The Labute approximate surface area is 102 Å². The Morgan fingerprint density at radius 2 is 1.94 bits per heavy atom. The fraction of sp³-hybridized carbons (Fsp3) is 0.923. The molecular weight excluding hydrogens is 224 g/mol. The summed E-state index contributed by atoms with van der Waals surface area (Å²) in [5.74, 6) is -0.316. The van der Waals surface area contributed by atoms with Gasteiger partial charge in [-0.1, -0.05) is 19.8 Å². The van der Waals surface area contributed by atoms with Gasteiger partial charge in [-0.25, -0.2) is 0 Å². The molecule has 0 aliphatic heterocycles. The normalized spacial score (nSPS) is 48.5. The lowest BCUT2D eigenvalue weighted by Crippen LogP contribution is -2.61. The zero-order valence-electron chi connectivity index (χ0n) is 10.1. The molecule has 0 heterocycles. The number of hydrogen-bond acceptors (Lipinski definition) is 2. The van der Waals surface area contributed by atoms with Gasteiger partial charge >= 0.3 is 0 Å². The van der Waals surface area contributed by atoms with Gasteiger partial charge in [0.05, 0.1) is 11.5 Å². The standard InChI is InChI=1S/C13H21ClO2/c1-9(15)11-10(14)5-8-12(2)6-3-4-7-13(11,12)16/h10-11,16H,3-8H2,1-2H3/t10-,11+,12?,13+/m0/s1.